The van der Waals surface area contributed by atoms with Crippen LogP contribution in [0.2, 0.25) is 0 Å². The molecule has 1 saturated heterocycles. The van der Waals surface area contributed by atoms with Crippen LogP contribution in [-0.2, 0) is 27.2 Å². The number of carbonyl (C=O) groups excluding carboxylic acids is 2. The maximum absolute atomic E-state index is 13.2. The van der Waals surface area contributed by atoms with E-state index >= 15 is 0 Å². The van der Waals surface area contributed by atoms with Gasteiger partial charge in [-0.1, -0.05) is 49.8 Å². The smallest absolute Gasteiger partial charge is 0.245 e. The minimum absolute atomic E-state index is 0.133. The van der Waals surface area contributed by atoms with E-state index < -0.39 is 23.2 Å². The molecule has 0 radical (unpaired) electrons. The number of likely N-dealkylation sites (N-methyl/N-ethyl adjacent to an activating group) is 1. The molecule has 1 fully saturated rings. The number of aliphatic hydroxyl groups is 2. The molecule has 0 bridgehead atoms. The number of methoxy groups -OCH3 is 1. The van der Waals surface area contributed by atoms with Gasteiger partial charge >= 0.3 is 0 Å². The van der Waals surface area contributed by atoms with Crippen LogP contribution >= 0.6 is 0 Å². The first-order chi connectivity index (χ1) is 21.7. The van der Waals surface area contributed by atoms with Gasteiger partial charge in [0, 0.05) is 31.5 Å². The summed E-state index contributed by atoms with van der Waals surface area (Å²) in [6.45, 7) is 10.3. The fourth-order valence-electron chi connectivity index (χ4n) is 5.55. The summed E-state index contributed by atoms with van der Waals surface area (Å²) in [7, 11) is 5.53. The number of hydrogen-bond acceptors (Lipinski definition) is 7. The van der Waals surface area contributed by atoms with Crippen molar-refractivity contribution in [2.24, 2.45) is 5.41 Å². The maximum Gasteiger partial charge on any atom is 0.245 e. The lowest BCUT2D eigenvalue weighted by atomic mass is 9.88. The van der Waals surface area contributed by atoms with Gasteiger partial charge in [-0.2, -0.15) is 0 Å². The molecule has 3 atom stereocenters. The van der Waals surface area contributed by atoms with E-state index in [9.17, 15) is 19.8 Å². The van der Waals surface area contributed by atoms with Gasteiger partial charge in [0.05, 0.1) is 37.4 Å². The molecule has 3 rings (SSSR count). The van der Waals surface area contributed by atoms with E-state index in [-0.39, 0.29) is 24.5 Å². The number of nitrogens with zero attached hydrogens (tertiary/aromatic N) is 1. The van der Waals surface area contributed by atoms with Crippen molar-refractivity contribution in [2.75, 3.05) is 40.9 Å². The van der Waals surface area contributed by atoms with Gasteiger partial charge in [-0.3, -0.25) is 9.59 Å². The number of aryl methyl sites for hydroxylation is 1. The third-order valence-corrected chi connectivity index (χ3v) is 8.49. The minimum Gasteiger partial charge on any atom is -0.496 e. The molecule has 0 spiro atoms. The van der Waals surface area contributed by atoms with Gasteiger partial charge in [0.15, 0.2) is 0 Å². The monoisotopic (exact) mass is 637 g/mol. The second-order valence-corrected chi connectivity index (χ2v) is 13.8. The average molecular weight is 638 g/mol. The molecule has 2 amide bonds. The molecule has 4 N–H and O–H groups in total. The Morgan fingerprint density at radius 1 is 1.07 bits per heavy atom. The van der Waals surface area contributed by atoms with E-state index in [2.05, 4.69) is 41.8 Å². The summed E-state index contributed by atoms with van der Waals surface area (Å²) < 4.78 is 11.9. The number of rotatable bonds is 15. The minimum atomic E-state index is -1.04. The molecule has 0 unspecified atom stereocenters. The highest BCUT2D eigenvalue weighted by molar-refractivity contribution is 5.93. The first kappa shape index (κ1) is 37.2. The molecule has 254 valence electrons. The van der Waals surface area contributed by atoms with Crippen molar-refractivity contribution in [3.05, 3.63) is 70.3 Å². The van der Waals surface area contributed by atoms with Crippen LogP contribution in [0.25, 0.3) is 6.08 Å². The van der Waals surface area contributed by atoms with Gasteiger partial charge in [-0.05, 0) is 89.0 Å². The maximum atomic E-state index is 13.2. The van der Waals surface area contributed by atoms with Crippen LogP contribution in [-0.4, -0.2) is 85.6 Å². The molecule has 9 nitrogen and oxygen atoms in total. The number of ether oxygens (including phenoxy) is 2. The molecule has 0 aliphatic carbocycles. The van der Waals surface area contributed by atoms with Gasteiger partial charge in [0.1, 0.15) is 11.3 Å². The first-order valence-electron chi connectivity index (χ1n) is 16.4. The topological polar surface area (TPSA) is 120 Å². The van der Waals surface area contributed by atoms with Crippen LogP contribution in [0.3, 0.4) is 0 Å². The third kappa shape index (κ3) is 10.4. The van der Waals surface area contributed by atoms with Crippen LogP contribution in [0.4, 0.5) is 0 Å². The average Bonchev–Trinajstić information content (AvgIpc) is 3.00. The van der Waals surface area contributed by atoms with Crippen LogP contribution in [0.5, 0.6) is 5.75 Å². The lowest BCUT2D eigenvalue weighted by Crippen LogP contribution is -2.57. The van der Waals surface area contributed by atoms with Crippen LogP contribution in [0.1, 0.15) is 87.8 Å². The summed E-state index contributed by atoms with van der Waals surface area (Å²) in [5, 5.41) is 25.9. The predicted molar refractivity (Wildman–Crippen MR) is 183 cm³/mol. The molecule has 2 aromatic rings. The number of amides is 2. The lowest BCUT2D eigenvalue weighted by Gasteiger charge is -2.33. The van der Waals surface area contributed by atoms with E-state index in [0.717, 1.165) is 41.8 Å². The summed E-state index contributed by atoms with van der Waals surface area (Å²) in [4.78, 5) is 27.8. The van der Waals surface area contributed by atoms with Crippen molar-refractivity contribution < 1.29 is 29.3 Å². The Bertz CT molecular complexity index is 1340. The quantitative estimate of drug-likeness (QED) is 0.228. The second kappa shape index (κ2) is 16.5. The molecule has 1 aliphatic heterocycles. The van der Waals surface area contributed by atoms with Gasteiger partial charge < -0.3 is 35.2 Å². The Morgan fingerprint density at radius 3 is 2.37 bits per heavy atom. The van der Waals surface area contributed by atoms with E-state index in [1.807, 2.05) is 57.1 Å². The van der Waals surface area contributed by atoms with Crippen LogP contribution < -0.4 is 15.4 Å². The Hall–Kier alpha value is -3.24. The Balaban J connectivity index is 1.73. The standard InChI is InChI=1S/C37H55N3O6/c1-9-10-27-21-32(45-8)31(33-23-29(42)22-30(24-41)46-33)20-28(27)19-26-13-11-25(12-14-26)15-16-36(2,3)34(43)39-37(4,5)35(44)38-17-18-40(6)7/h11-16,20-21,29-30,33,41-42H,9-10,17-19,22-24H2,1-8H3,(H,38,44)(H,39,43)/b16-15+/t29-,30-,33+/m0/s1. The van der Waals surface area contributed by atoms with Gasteiger partial charge in [-0.15, -0.1) is 0 Å². The van der Waals surface area contributed by atoms with Crippen molar-refractivity contribution >= 4 is 17.9 Å². The van der Waals surface area contributed by atoms with Crippen molar-refractivity contribution in [3.63, 3.8) is 0 Å². The summed E-state index contributed by atoms with van der Waals surface area (Å²) >= 11 is 0. The number of hydrogen-bond donors (Lipinski definition) is 4. The van der Waals surface area contributed by atoms with Gasteiger partial charge in [-0.25, -0.2) is 0 Å². The summed E-state index contributed by atoms with van der Waals surface area (Å²) in [5.74, 6) is 0.289. The molecule has 0 saturated carbocycles. The largest absolute Gasteiger partial charge is 0.496 e. The van der Waals surface area contributed by atoms with E-state index in [1.54, 1.807) is 21.0 Å². The second-order valence-electron chi connectivity index (χ2n) is 13.8. The fourth-order valence-corrected chi connectivity index (χ4v) is 5.55. The van der Waals surface area contributed by atoms with Crippen molar-refractivity contribution in [3.8, 4) is 5.75 Å². The Labute approximate surface area is 275 Å². The third-order valence-electron chi connectivity index (χ3n) is 8.49. The molecule has 0 aromatic heterocycles. The molecule has 9 heteroatoms. The van der Waals surface area contributed by atoms with E-state index in [1.165, 1.54) is 11.1 Å². The van der Waals surface area contributed by atoms with Crippen molar-refractivity contribution in [2.45, 2.75) is 90.6 Å². The Kier molecular flexibility index (Phi) is 13.4. The summed E-state index contributed by atoms with van der Waals surface area (Å²) in [5.41, 5.74) is 3.51. The van der Waals surface area contributed by atoms with Crippen LogP contribution in [0, 0.1) is 5.41 Å². The van der Waals surface area contributed by atoms with Crippen molar-refractivity contribution in [1.29, 1.82) is 0 Å². The zero-order valence-electron chi connectivity index (χ0n) is 29.0. The highest BCUT2D eigenvalue weighted by Gasteiger charge is 2.35. The zero-order chi connectivity index (χ0) is 34.1. The first-order valence-corrected chi connectivity index (χ1v) is 16.4. The van der Waals surface area contributed by atoms with Gasteiger partial charge in [0.2, 0.25) is 11.8 Å². The van der Waals surface area contributed by atoms with Gasteiger partial charge in [0.25, 0.3) is 0 Å². The number of benzene rings is 2. The Morgan fingerprint density at radius 2 is 1.76 bits per heavy atom. The summed E-state index contributed by atoms with van der Waals surface area (Å²) in [6.07, 6.45) is 5.99. The summed E-state index contributed by atoms with van der Waals surface area (Å²) in [6, 6.07) is 12.5. The molecular formula is C37H55N3O6. The predicted octanol–water partition coefficient (Wildman–Crippen LogP) is 4.42. The van der Waals surface area contributed by atoms with Crippen LogP contribution in [0.15, 0.2) is 42.5 Å². The number of aliphatic hydroxyl groups excluding tert-OH is 2. The zero-order valence-corrected chi connectivity index (χ0v) is 29.0. The van der Waals surface area contributed by atoms with Crippen molar-refractivity contribution in [1.82, 2.24) is 15.5 Å². The highest BCUT2D eigenvalue weighted by atomic mass is 16.5. The van der Waals surface area contributed by atoms with E-state index in [0.29, 0.717) is 25.8 Å². The van der Waals surface area contributed by atoms with E-state index in [4.69, 9.17) is 9.47 Å². The molecule has 1 heterocycles. The fraction of sp³-hybridized carbons (Fsp3) is 0.568. The molecule has 46 heavy (non-hydrogen) atoms. The lowest BCUT2D eigenvalue weighted by molar-refractivity contribution is -0.135. The molecule has 1 aliphatic rings. The number of carbonyl (C=O) groups is 2. The molecule has 2 aromatic carbocycles. The molecular weight excluding hydrogens is 582 g/mol. The number of nitrogens with one attached hydrogen (secondary N) is 2. The SMILES string of the molecule is CCCc1cc(OC)c([C@H]2C[C@@H](O)C[C@@H](CO)O2)cc1Cc1ccc(/C=C/C(C)(C)C(=O)NC(C)(C)C(=O)NCCN(C)C)cc1. The highest BCUT2D eigenvalue weighted by Crippen LogP contribution is 2.38. The normalized spacial score (nSPS) is 19.0.